The maximum Gasteiger partial charge on any atom is 0.242 e. The molecule has 3 N–H and O–H groups in total. The lowest BCUT2D eigenvalue weighted by Crippen LogP contribution is -2.36. The maximum atomic E-state index is 12.2. The molecule has 0 amide bonds. The lowest BCUT2D eigenvalue weighted by Gasteiger charge is -2.16. The van der Waals surface area contributed by atoms with Crippen molar-refractivity contribution < 1.29 is 8.42 Å². The van der Waals surface area contributed by atoms with Gasteiger partial charge in [-0.25, -0.2) is 13.1 Å². The van der Waals surface area contributed by atoms with Crippen molar-refractivity contribution in [2.24, 2.45) is 10.7 Å². The molecule has 6 nitrogen and oxygen atoms in total. The fourth-order valence-electron chi connectivity index (χ4n) is 1.88. The second-order valence-electron chi connectivity index (χ2n) is 5.03. The average Bonchev–Trinajstić information content (AvgIpc) is 3.30. The predicted octanol–water partition coefficient (Wildman–Crippen LogP) is 1.68. The molecule has 22 heavy (non-hydrogen) atoms. The van der Waals surface area contributed by atoms with E-state index < -0.39 is 10.0 Å². The Morgan fingerprint density at radius 2 is 2.14 bits per heavy atom. The molecular formula is C13H18Cl2N4O2S. The molecule has 1 aliphatic carbocycles. The second-order valence-corrected chi connectivity index (χ2v) is 7.55. The number of halogens is 2. The Kier molecular flexibility index (Phi) is 5.55. The molecule has 0 radical (unpaired) electrons. The van der Waals surface area contributed by atoms with Gasteiger partial charge in [-0.2, -0.15) is 0 Å². The van der Waals surface area contributed by atoms with Gasteiger partial charge >= 0.3 is 0 Å². The van der Waals surface area contributed by atoms with Gasteiger partial charge in [0, 0.05) is 19.6 Å². The molecule has 0 spiro atoms. The number of benzene rings is 1. The van der Waals surface area contributed by atoms with E-state index in [2.05, 4.69) is 9.71 Å². The number of nitrogens with zero attached hydrogens (tertiary/aromatic N) is 2. The van der Waals surface area contributed by atoms with Gasteiger partial charge in [0.1, 0.15) is 4.90 Å². The number of nitrogens with one attached hydrogen (secondary N) is 1. The lowest BCUT2D eigenvalue weighted by molar-refractivity contribution is 0.487. The Morgan fingerprint density at radius 3 is 2.77 bits per heavy atom. The minimum atomic E-state index is -3.73. The molecule has 0 saturated heterocycles. The molecule has 0 heterocycles. The summed E-state index contributed by atoms with van der Waals surface area (Å²) < 4.78 is 26.7. The Hall–Kier alpha value is -1.02. The molecular weight excluding hydrogens is 347 g/mol. The van der Waals surface area contributed by atoms with Gasteiger partial charge in [-0.3, -0.25) is 4.99 Å². The van der Waals surface area contributed by atoms with Crippen LogP contribution in [0.2, 0.25) is 10.0 Å². The molecule has 1 aromatic carbocycles. The smallest absolute Gasteiger partial charge is 0.242 e. The van der Waals surface area contributed by atoms with Crippen LogP contribution in [0.3, 0.4) is 0 Å². The number of hydrogen-bond acceptors (Lipinski definition) is 3. The van der Waals surface area contributed by atoms with Gasteiger partial charge in [0.25, 0.3) is 0 Å². The van der Waals surface area contributed by atoms with Gasteiger partial charge in [-0.05, 0) is 25.0 Å². The number of rotatable bonds is 6. The summed E-state index contributed by atoms with van der Waals surface area (Å²) in [5, 5.41) is 0.200. The summed E-state index contributed by atoms with van der Waals surface area (Å²) in [6, 6.07) is 4.92. The van der Waals surface area contributed by atoms with E-state index in [9.17, 15) is 8.42 Å². The van der Waals surface area contributed by atoms with Crippen LogP contribution in [-0.2, 0) is 10.0 Å². The van der Waals surface area contributed by atoms with Crippen molar-refractivity contribution in [3.63, 3.8) is 0 Å². The molecule has 0 bridgehead atoms. The molecule has 1 fully saturated rings. The SMILES string of the molecule is CN(C(N)=NCCNS(=O)(=O)c1cccc(Cl)c1Cl)C1CC1. The van der Waals surface area contributed by atoms with E-state index >= 15 is 0 Å². The maximum absolute atomic E-state index is 12.2. The molecule has 122 valence electrons. The highest BCUT2D eigenvalue weighted by molar-refractivity contribution is 7.89. The van der Waals surface area contributed by atoms with Crippen LogP contribution in [0.15, 0.2) is 28.1 Å². The van der Waals surface area contributed by atoms with Crippen LogP contribution in [0.5, 0.6) is 0 Å². The van der Waals surface area contributed by atoms with Crippen LogP contribution in [0.25, 0.3) is 0 Å². The summed E-state index contributed by atoms with van der Waals surface area (Å²) in [4.78, 5) is 6.01. The summed E-state index contributed by atoms with van der Waals surface area (Å²) in [6.45, 7) is 0.380. The highest BCUT2D eigenvalue weighted by atomic mass is 35.5. The molecule has 0 unspecified atom stereocenters. The third kappa shape index (κ3) is 4.25. The second kappa shape index (κ2) is 7.04. The van der Waals surface area contributed by atoms with Crippen molar-refractivity contribution in [2.75, 3.05) is 20.1 Å². The zero-order valence-electron chi connectivity index (χ0n) is 12.1. The minimum Gasteiger partial charge on any atom is -0.370 e. The first-order valence-electron chi connectivity index (χ1n) is 6.79. The van der Waals surface area contributed by atoms with Crippen LogP contribution in [0.4, 0.5) is 0 Å². The van der Waals surface area contributed by atoms with Crippen molar-refractivity contribution >= 4 is 39.2 Å². The van der Waals surface area contributed by atoms with Gasteiger partial charge in [0.15, 0.2) is 5.96 Å². The Balaban J connectivity index is 1.93. The van der Waals surface area contributed by atoms with Crippen LogP contribution in [0, 0.1) is 0 Å². The Bertz CT molecular complexity index is 675. The average molecular weight is 365 g/mol. The fourth-order valence-corrected chi connectivity index (χ4v) is 3.66. The van der Waals surface area contributed by atoms with Crippen molar-refractivity contribution in [3.8, 4) is 0 Å². The van der Waals surface area contributed by atoms with E-state index in [0.29, 0.717) is 12.0 Å². The monoisotopic (exact) mass is 364 g/mol. The summed E-state index contributed by atoms with van der Waals surface area (Å²) in [7, 11) is -1.84. The molecule has 0 aliphatic heterocycles. The van der Waals surface area contributed by atoms with Crippen LogP contribution < -0.4 is 10.5 Å². The summed E-state index contributed by atoms with van der Waals surface area (Å²) in [5.41, 5.74) is 5.82. The highest BCUT2D eigenvalue weighted by Gasteiger charge is 2.27. The van der Waals surface area contributed by atoms with Crippen LogP contribution in [-0.4, -0.2) is 45.5 Å². The van der Waals surface area contributed by atoms with Crippen molar-refractivity contribution in [2.45, 2.75) is 23.8 Å². The number of nitrogens with two attached hydrogens (primary N) is 1. The Morgan fingerprint density at radius 1 is 1.45 bits per heavy atom. The summed E-state index contributed by atoms with van der Waals surface area (Å²) >= 11 is 11.7. The first kappa shape index (κ1) is 17.3. The van der Waals surface area contributed by atoms with E-state index in [1.807, 2.05) is 11.9 Å². The molecule has 9 heteroatoms. The van der Waals surface area contributed by atoms with Gasteiger partial charge < -0.3 is 10.6 Å². The summed E-state index contributed by atoms with van der Waals surface area (Å²) in [5.74, 6) is 0.419. The zero-order valence-corrected chi connectivity index (χ0v) is 14.4. The number of sulfonamides is 1. The van der Waals surface area contributed by atoms with Gasteiger partial charge in [-0.15, -0.1) is 0 Å². The summed E-state index contributed by atoms with van der Waals surface area (Å²) in [6.07, 6.45) is 2.24. The Labute approximate surface area is 140 Å². The van der Waals surface area contributed by atoms with Gasteiger partial charge in [0.2, 0.25) is 10.0 Å². The number of aliphatic imine (C=N–C) groups is 1. The standard InChI is InChI=1S/C13H18Cl2N4O2S/c1-19(9-5-6-9)13(16)17-7-8-18-22(20,21)11-4-2-3-10(14)12(11)15/h2-4,9,18H,5-8H2,1H3,(H2,16,17). The predicted molar refractivity (Wildman–Crippen MR) is 88.9 cm³/mol. The highest BCUT2D eigenvalue weighted by Crippen LogP contribution is 2.28. The number of guanidine groups is 1. The fraction of sp³-hybridized carbons (Fsp3) is 0.462. The first-order valence-corrected chi connectivity index (χ1v) is 9.03. The molecule has 0 atom stereocenters. The van der Waals surface area contributed by atoms with Crippen molar-refractivity contribution in [1.29, 1.82) is 0 Å². The van der Waals surface area contributed by atoms with E-state index in [-0.39, 0.29) is 28.0 Å². The van der Waals surface area contributed by atoms with Crippen molar-refractivity contribution in [1.82, 2.24) is 9.62 Å². The van der Waals surface area contributed by atoms with Crippen LogP contribution >= 0.6 is 23.2 Å². The lowest BCUT2D eigenvalue weighted by atomic mass is 10.4. The molecule has 2 rings (SSSR count). The quantitative estimate of drug-likeness (QED) is 0.456. The zero-order chi connectivity index (χ0) is 16.3. The minimum absolute atomic E-state index is 0.00754. The van der Waals surface area contributed by atoms with Crippen LogP contribution in [0.1, 0.15) is 12.8 Å². The van der Waals surface area contributed by atoms with E-state index in [1.54, 1.807) is 0 Å². The van der Waals surface area contributed by atoms with Gasteiger partial charge in [-0.1, -0.05) is 29.3 Å². The first-order chi connectivity index (χ1) is 10.3. The van der Waals surface area contributed by atoms with E-state index in [4.69, 9.17) is 28.9 Å². The largest absolute Gasteiger partial charge is 0.370 e. The third-order valence-electron chi connectivity index (χ3n) is 3.34. The van der Waals surface area contributed by atoms with E-state index in [1.165, 1.54) is 18.2 Å². The van der Waals surface area contributed by atoms with E-state index in [0.717, 1.165) is 12.8 Å². The topological polar surface area (TPSA) is 87.8 Å². The van der Waals surface area contributed by atoms with Gasteiger partial charge in [0.05, 0.1) is 16.6 Å². The molecule has 1 aromatic rings. The number of hydrogen-bond donors (Lipinski definition) is 2. The third-order valence-corrected chi connectivity index (χ3v) is 5.77. The molecule has 0 aromatic heterocycles. The normalized spacial score (nSPS) is 15.9. The molecule has 1 aliphatic rings. The van der Waals surface area contributed by atoms with Crippen molar-refractivity contribution in [3.05, 3.63) is 28.2 Å². The molecule has 1 saturated carbocycles.